The molecule has 0 saturated carbocycles. The summed E-state index contributed by atoms with van der Waals surface area (Å²) in [5.74, 6) is -0.878. The number of amides is 2. The molecule has 208 valence electrons. The van der Waals surface area contributed by atoms with Crippen molar-refractivity contribution in [2.75, 3.05) is 11.9 Å². The van der Waals surface area contributed by atoms with Crippen molar-refractivity contribution in [3.63, 3.8) is 0 Å². The summed E-state index contributed by atoms with van der Waals surface area (Å²) in [4.78, 5) is 27.7. The summed E-state index contributed by atoms with van der Waals surface area (Å²) in [5, 5.41) is 12.3. The maximum absolute atomic E-state index is 13.4. The number of benzene rings is 2. The van der Waals surface area contributed by atoms with Crippen LogP contribution in [0.3, 0.4) is 0 Å². The first-order chi connectivity index (χ1) is 17.9. The molecule has 3 rings (SSSR count). The van der Waals surface area contributed by atoms with E-state index in [1.54, 1.807) is 13.8 Å². The summed E-state index contributed by atoms with van der Waals surface area (Å²) in [6, 6.07) is 11.3. The molecule has 5 nitrogen and oxygen atoms in total. The molecule has 1 atom stereocenters. The van der Waals surface area contributed by atoms with E-state index in [-0.39, 0.29) is 28.7 Å². The molecule has 1 aliphatic rings. The van der Waals surface area contributed by atoms with Crippen molar-refractivity contribution in [1.82, 2.24) is 4.90 Å². The third kappa shape index (κ3) is 8.86. The lowest BCUT2D eigenvalue weighted by Gasteiger charge is -2.29. The summed E-state index contributed by atoms with van der Waals surface area (Å²) in [6.07, 6.45) is 6.64. The van der Waals surface area contributed by atoms with Gasteiger partial charge in [0, 0.05) is 28.1 Å². The number of nitrogens with zero attached hydrogens (tertiary/aromatic N) is 1. The molecule has 2 aromatic carbocycles. The number of rotatable bonds is 12. The van der Waals surface area contributed by atoms with Gasteiger partial charge in [0.1, 0.15) is 4.75 Å². The smallest absolute Gasteiger partial charge is 0.446 e. The number of fused-ring (bicyclic) bond motifs is 1. The van der Waals surface area contributed by atoms with Crippen LogP contribution in [0.2, 0.25) is 0 Å². The Hall–Kier alpha value is -2.33. The number of alkyl halides is 3. The molecule has 0 heterocycles. The minimum absolute atomic E-state index is 0.0519. The van der Waals surface area contributed by atoms with Gasteiger partial charge in [0.15, 0.2) is 0 Å². The van der Waals surface area contributed by atoms with Gasteiger partial charge in [-0.1, -0.05) is 38.7 Å². The number of carbonyl (C=O) groups excluding carboxylic acids is 1. The standard InChI is InChI=1S/C28H35F3N2O3S2/c1-4-5-6-7-8-15-33(26(36)32-21-10-13-23(14-11-21)38-28(29,30)31)22-16-19-9-12-24(18-20(19)17-22)37-27(2,3)25(34)35/h9-14,18,22H,4-8,15-17H2,1-3H3,(H,32,36)(H,34,35). The number of aliphatic carboxylic acids is 1. The first kappa shape index (κ1) is 30.2. The number of carboxylic acids is 1. The van der Waals surface area contributed by atoms with Crippen LogP contribution in [0, 0.1) is 0 Å². The highest BCUT2D eigenvalue weighted by molar-refractivity contribution is 8.01. The molecule has 0 aliphatic heterocycles. The minimum Gasteiger partial charge on any atom is -0.480 e. The Morgan fingerprint density at radius 2 is 1.58 bits per heavy atom. The zero-order chi connectivity index (χ0) is 27.9. The third-order valence-electron chi connectivity index (χ3n) is 6.52. The molecule has 0 aromatic heterocycles. The number of carbonyl (C=O) groups is 2. The first-order valence-corrected chi connectivity index (χ1v) is 14.5. The summed E-state index contributed by atoms with van der Waals surface area (Å²) in [7, 11) is 0. The van der Waals surface area contributed by atoms with E-state index in [4.69, 9.17) is 0 Å². The molecule has 1 unspecified atom stereocenters. The van der Waals surface area contributed by atoms with Crippen LogP contribution in [0.1, 0.15) is 64.0 Å². The molecule has 2 aromatic rings. The topological polar surface area (TPSA) is 69.6 Å². The lowest BCUT2D eigenvalue weighted by Crippen LogP contribution is -2.44. The van der Waals surface area contributed by atoms with Gasteiger partial charge >= 0.3 is 17.5 Å². The van der Waals surface area contributed by atoms with E-state index in [0.29, 0.717) is 25.1 Å². The Morgan fingerprint density at radius 1 is 0.947 bits per heavy atom. The Balaban J connectivity index is 1.71. The van der Waals surface area contributed by atoms with Gasteiger partial charge in [-0.05, 0) is 92.4 Å². The second kappa shape index (κ2) is 13.2. The zero-order valence-electron chi connectivity index (χ0n) is 21.9. The van der Waals surface area contributed by atoms with Gasteiger partial charge in [0.25, 0.3) is 0 Å². The normalized spacial score (nSPS) is 15.3. The van der Waals surface area contributed by atoms with Gasteiger partial charge in [-0.25, -0.2) is 4.79 Å². The molecule has 0 radical (unpaired) electrons. The van der Waals surface area contributed by atoms with Crippen LogP contribution < -0.4 is 5.32 Å². The van der Waals surface area contributed by atoms with Crippen molar-refractivity contribution in [3.05, 3.63) is 53.6 Å². The molecule has 10 heteroatoms. The number of carboxylic acid groups (broad SMARTS) is 1. The molecule has 1 aliphatic carbocycles. The fourth-order valence-corrected chi connectivity index (χ4v) is 6.02. The van der Waals surface area contributed by atoms with Gasteiger partial charge in [-0.3, -0.25) is 4.79 Å². The van der Waals surface area contributed by atoms with Crippen molar-refractivity contribution < 1.29 is 27.9 Å². The predicted molar refractivity (Wildman–Crippen MR) is 148 cm³/mol. The third-order valence-corrected chi connectivity index (χ3v) is 8.43. The van der Waals surface area contributed by atoms with Crippen LogP contribution >= 0.6 is 23.5 Å². The van der Waals surface area contributed by atoms with Crippen molar-refractivity contribution in [2.45, 2.75) is 91.8 Å². The number of urea groups is 1. The molecular weight excluding hydrogens is 533 g/mol. The van der Waals surface area contributed by atoms with Crippen molar-refractivity contribution in [3.8, 4) is 0 Å². The summed E-state index contributed by atoms with van der Waals surface area (Å²) in [6.45, 7) is 6.09. The maximum Gasteiger partial charge on any atom is 0.446 e. The van der Waals surface area contributed by atoms with Crippen LogP contribution in [0.25, 0.3) is 0 Å². The van der Waals surface area contributed by atoms with Crippen LogP contribution in [-0.4, -0.2) is 44.8 Å². The first-order valence-electron chi connectivity index (χ1n) is 12.9. The highest BCUT2D eigenvalue weighted by atomic mass is 32.2. The van der Waals surface area contributed by atoms with E-state index >= 15 is 0 Å². The van der Waals surface area contributed by atoms with Gasteiger partial charge in [-0.2, -0.15) is 13.2 Å². The zero-order valence-corrected chi connectivity index (χ0v) is 23.6. The number of halogens is 3. The Labute approximate surface area is 230 Å². The molecular formula is C28H35F3N2O3S2. The second-order valence-corrected chi connectivity index (χ2v) is 12.9. The van der Waals surface area contributed by atoms with Crippen LogP contribution in [0.4, 0.5) is 23.7 Å². The second-order valence-electron chi connectivity index (χ2n) is 10.0. The van der Waals surface area contributed by atoms with E-state index in [0.717, 1.165) is 48.1 Å². The van der Waals surface area contributed by atoms with Crippen molar-refractivity contribution in [2.24, 2.45) is 0 Å². The molecule has 2 amide bonds. The largest absolute Gasteiger partial charge is 0.480 e. The van der Waals surface area contributed by atoms with Crippen LogP contribution in [0.5, 0.6) is 0 Å². The Morgan fingerprint density at radius 3 is 2.21 bits per heavy atom. The molecule has 38 heavy (non-hydrogen) atoms. The van der Waals surface area contributed by atoms with Gasteiger partial charge in [0.05, 0.1) is 0 Å². The van der Waals surface area contributed by atoms with Crippen LogP contribution in [0.15, 0.2) is 52.3 Å². The summed E-state index contributed by atoms with van der Waals surface area (Å²) >= 11 is 1.11. The molecule has 0 bridgehead atoms. The Kier molecular flexibility index (Phi) is 10.5. The maximum atomic E-state index is 13.4. The lowest BCUT2D eigenvalue weighted by molar-refractivity contribution is -0.138. The number of hydrogen-bond acceptors (Lipinski definition) is 4. The summed E-state index contributed by atoms with van der Waals surface area (Å²) in [5.41, 5.74) is -1.66. The SMILES string of the molecule is CCCCCCCN(C(=O)Nc1ccc(SC(F)(F)F)cc1)C1Cc2ccc(SC(C)(C)C(=O)O)cc2C1. The highest BCUT2D eigenvalue weighted by Crippen LogP contribution is 2.38. The van der Waals surface area contributed by atoms with E-state index in [1.807, 2.05) is 23.1 Å². The fourth-order valence-electron chi connectivity index (χ4n) is 4.46. The van der Waals surface area contributed by atoms with Crippen molar-refractivity contribution >= 4 is 41.2 Å². The minimum atomic E-state index is -4.36. The molecule has 0 spiro atoms. The highest BCUT2D eigenvalue weighted by Gasteiger charge is 2.33. The summed E-state index contributed by atoms with van der Waals surface area (Å²) < 4.78 is 37.0. The quantitative estimate of drug-likeness (QED) is 0.199. The van der Waals surface area contributed by atoms with Crippen LogP contribution in [-0.2, 0) is 17.6 Å². The van der Waals surface area contributed by atoms with E-state index in [9.17, 15) is 27.9 Å². The number of thioether (sulfide) groups is 2. The van der Waals surface area contributed by atoms with Gasteiger partial charge in [0.2, 0.25) is 0 Å². The number of hydrogen-bond donors (Lipinski definition) is 2. The number of anilines is 1. The molecule has 0 saturated heterocycles. The van der Waals surface area contributed by atoms with Gasteiger partial charge < -0.3 is 15.3 Å². The fraction of sp³-hybridized carbons (Fsp3) is 0.500. The monoisotopic (exact) mass is 568 g/mol. The molecule has 2 N–H and O–H groups in total. The number of unbranched alkanes of at least 4 members (excludes halogenated alkanes) is 4. The average Bonchev–Trinajstić information content (AvgIpc) is 3.24. The van der Waals surface area contributed by atoms with E-state index < -0.39 is 16.2 Å². The Bertz CT molecular complexity index is 1110. The average molecular weight is 569 g/mol. The number of nitrogens with one attached hydrogen (secondary N) is 1. The lowest BCUT2D eigenvalue weighted by atomic mass is 10.1. The van der Waals surface area contributed by atoms with E-state index in [2.05, 4.69) is 12.2 Å². The molecule has 0 fully saturated rings. The van der Waals surface area contributed by atoms with Crippen molar-refractivity contribution in [1.29, 1.82) is 0 Å². The van der Waals surface area contributed by atoms with Gasteiger partial charge in [-0.15, -0.1) is 11.8 Å². The predicted octanol–water partition coefficient (Wildman–Crippen LogP) is 8.23. The van der Waals surface area contributed by atoms with E-state index in [1.165, 1.54) is 36.0 Å².